The summed E-state index contributed by atoms with van der Waals surface area (Å²) >= 11 is 0. The predicted octanol–water partition coefficient (Wildman–Crippen LogP) is 2.93. The number of hydrogen-bond acceptors (Lipinski definition) is 2. The van der Waals surface area contributed by atoms with Gasteiger partial charge in [0.25, 0.3) is 0 Å². The van der Waals surface area contributed by atoms with Gasteiger partial charge in [-0.3, -0.25) is 4.21 Å². The molecule has 0 saturated heterocycles. The van der Waals surface area contributed by atoms with Crippen molar-refractivity contribution in [2.75, 3.05) is 12.3 Å². The fourth-order valence-corrected chi connectivity index (χ4v) is 5.06. The van der Waals surface area contributed by atoms with Crippen molar-refractivity contribution < 1.29 is 4.21 Å². The summed E-state index contributed by atoms with van der Waals surface area (Å²) in [5.41, 5.74) is 5.85. The second-order valence-corrected chi connectivity index (χ2v) is 7.64. The Balaban J connectivity index is 2.59. The van der Waals surface area contributed by atoms with E-state index >= 15 is 0 Å². The number of rotatable bonds is 6. The van der Waals surface area contributed by atoms with Gasteiger partial charge in [-0.2, -0.15) is 0 Å². The van der Waals surface area contributed by atoms with Crippen LogP contribution < -0.4 is 5.73 Å². The van der Waals surface area contributed by atoms with E-state index in [4.69, 9.17) is 5.73 Å². The predicted molar refractivity (Wildman–Crippen MR) is 76.4 cm³/mol. The van der Waals surface area contributed by atoms with Crippen LogP contribution in [0.25, 0.3) is 0 Å². The van der Waals surface area contributed by atoms with Crippen molar-refractivity contribution in [3.05, 3.63) is 0 Å². The van der Waals surface area contributed by atoms with E-state index in [2.05, 4.69) is 20.8 Å². The molecule has 1 rings (SSSR count). The first-order chi connectivity index (χ1) is 8.08. The summed E-state index contributed by atoms with van der Waals surface area (Å²) in [5, 5.41) is 0.368. The fourth-order valence-electron chi connectivity index (χ4n) is 2.99. The topological polar surface area (TPSA) is 43.1 Å². The Morgan fingerprint density at radius 1 is 1.35 bits per heavy atom. The average Bonchev–Trinajstić information content (AvgIpc) is 2.28. The second-order valence-electron chi connectivity index (χ2n) is 5.94. The molecule has 0 aliphatic heterocycles. The van der Waals surface area contributed by atoms with E-state index in [1.54, 1.807) is 0 Å². The molecule has 4 unspecified atom stereocenters. The zero-order valence-corrected chi connectivity index (χ0v) is 12.5. The molecule has 1 fully saturated rings. The van der Waals surface area contributed by atoms with Crippen LogP contribution in [-0.2, 0) is 10.8 Å². The summed E-state index contributed by atoms with van der Waals surface area (Å²) in [6, 6.07) is 0. The molecule has 1 aliphatic carbocycles. The molecule has 2 nitrogen and oxygen atoms in total. The first kappa shape index (κ1) is 15.2. The molecule has 0 aromatic rings. The van der Waals surface area contributed by atoms with Gasteiger partial charge >= 0.3 is 0 Å². The lowest BCUT2D eigenvalue weighted by atomic mass is 9.80. The van der Waals surface area contributed by atoms with Crippen LogP contribution in [0.1, 0.15) is 52.9 Å². The standard InChI is InChI=1S/C14H29NOS/c1-4-5-12-6-7-13(9-15)14(8-12)17(16)10-11(2)3/h11-14H,4-10,15H2,1-3H3. The van der Waals surface area contributed by atoms with E-state index in [0.717, 1.165) is 18.1 Å². The molecule has 1 saturated carbocycles. The van der Waals surface area contributed by atoms with E-state index in [1.807, 2.05) is 0 Å². The monoisotopic (exact) mass is 259 g/mol. The van der Waals surface area contributed by atoms with Crippen molar-refractivity contribution in [3.8, 4) is 0 Å². The molecule has 0 spiro atoms. The second kappa shape index (κ2) is 7.52. The normalized spacial score (nSPS) is 31.7. The van der Waals surface area contributed by atoms with Gasteiger partial charge in [-0.05, 0) is 37.1 Å². The molecule has 0 aromatic carbocycles. The van der Waals surface area contributed by atoms with Crippen LogP contribution in [0.2, 0.25) is 0 Å². The van der Waals surface area contributed by atoms with Crippen molar-refractivity contribution in [1.82, 2.24) is 0 Å². The molecular formula is C14H29NOS. The minimum Gasteiger partial charge on any atom is -0.330 e. The van der Waals surface area contributed by atoms with Gasteiger partial charge < -0.3 is 5.73 Å². The van der Waals surface area contributed by atoms with Crippen molar-refractivity contribution in [3.63, 3.8) is 0 Å². The van der Waals surface area contributed by atoms with Gasteiger partial charge in [-0.25, -0.2) is 0 Å². The minimum atomic E-state index is -0.671. The highest BCUT2D eigenvalue weighted by Crippen LogP contribution is 2.34. The maximum Gasteiger partial charge on any atom is 0.0390 e. The minimum absolute atomic E-state index is 0.368. The van der Waals surface area contributed by atoms with Crippen molar-refractivity contribution in [2.45, 2.75) is 58.1 Å². The largest absolute Gasteiger partial charge is 0.330 e. The molecular weight excluding hydrogens is 230 g/mol. The molecule has 0 aromatic heterocycles. The Kier molecular flexibility index (Phi) is 6.71. The average molecular weight is 259 g/mol. The van der Waals surface area contributed by atoms with E-state index < -0.39 is 10.8 Å². The lowest BCUT2D eigenvalue weighted by Gasteiger charge is -2.35. The van der Waals surface area contributed by atoms with Gasteiger partial charge in [-0.15, -0.1) is 0 Å². The smallest absolute Gasteiger partial charge is 0.0390 e. The third-order valence-corrected chi connectivity index (χ3v) is 6.12. The third-order valence-electron chi connectivity index (χ3n) is 3.87. The molecule has 2 N–H and O–H groups in total. The van der Waals surface area contributed by atoms with Crippen LogP contribution in [0.3, 0.4) is 0 Å². The fraction of sp³-hybridized carbons (Fsp3) is 1.00. The number of hydrogen-bond donors (Lipinski definition) is 1. The zero-order valence-electron chi connectivity index (χ0n) is 11.7. The molecule has 4 atom stereocenters. The van der Waals surface area contributed by atoms with Crippen molar-refractivity contribution in [1.29, 1.82) is 0 Å². The summed E-state index contributed by atoms with van der Waals surface area (Å²) in [5.74, 6) is 2.67. The highest BCUT2D eigenvalue weighted by Gasteiger charge is 2.33. The van der Waals surface area contributed by atoms with E-state index in [0.29, 0.717) is 23.6 Å². The van der Waals surface area contributed by atoms with Gasteiger partial charge in [0.1, 0.15) is 0 Å². The Morgan fingerprint density at radius 2 is 2.06 bits per heavy atom. The molecule has 3 heteroatoms. The first-order valence-electron chi connectivity index (χ1n) is 7.15. The lowest BCUT2D eigenvalue weighted by molar-refractivity contribution is 0.272. The van der Waals surface area contributed by atoms with Crippen LogP contribution in [0.4, 0.5) is 0 Å². The summed E-state index contributed by atoms with van der Waals surface area (Å²) in [7, 11) is -0.671. The van der Waals surface area contributed by atoms with Crippen LogP contribution in [0.15, 0.2) is 0 Å². The summed E-state index contributed by atoms with van der Waals surface area (Å²) in [4.78, 5) is 0. The Hall–Kier alpha value is 0.110. The number of nitrogens with two attached hydrogens (primary N) is 1. The van der Waals surface area contributed by atoms with E-state index in [9.17, 15) is 4.21 Å². The van der Waals surface area contributed by atoms with Crippen molar-refractivity contribution >= 4 is 10.8 Å². The van der Waals surface area contributed by atoms with Crippen LogP contribution in [-0.4, -0.2) is 21.8 Å². The van der Waals surface area contributed by atoms with Crippen LogP contribution in [0.5, 0.6) is 0 Å². The molecule has 17 heavy (non-hydrogen) atoms. The van der Waals surface area contributed by atoms with Crippen molar-refractivity contribution in [2.24, 2.45) is 23.5 Å². The molecule has 0 amide bonds. The Morgan fingerprint density at radius 3 is 2.59 bits per heavy atom. The van der Waals surface area contributed by atoms with Gasteiger partial charge in [0.2, 0.25) is 0 Å². The maximum absolute atomic E-state index is 12.4. The highest BCUT2D eigenvalue weighted by molar-refractivity contribution is 7.85. The zero-order chi connectivity index (χ0) is 12.8. The molecule has 102 valence electrons. The van der Waals surface area contributed by atoms with E-state index in [1.165, 1.54) is 25.7 Å². The summed E-state index contributed by atoms with van der Waals surface area (Å²) in [6.07, 6.45) is 6.18. The quantitative estimate of drug-likeness (QED) is 0.797. The summed E-state index contributed by atoms with van der Waals surface area (Å²) in [6.45, 7) is 7.27. The van der Waals surface area contributed by atoms with Crippen LogP contribution in [0, 0.1) is 17.8 Å². The van der Waals surface area contributed by atoms with Gasteiger partial charge in [-0.1, -0.05) is 40.0 Å². The lowest BCUT2D eigenvalue weighted by Crippen LogP contribution is -2.38. The Labute approximate surface area is 109 Å². The van der Waals surface area contributed by atoms with E-state index in [-0.39, 0.29) is 0 Å². The molecule has 1 aliphatic rings. The highest BCUT2D eigenvalue weighted by atomic mass is 32.2. The van der Waals surface area contributed by atoms with Gasteiger partial charge in [0.05, 0.1) is 0 Å². The molecule has 0 radical (unpaired) electrons. The first-order valence-corrected chi connectivity index (χ1v) is 8.53. The third kappa shape index (κ3) is 4.70. The molecule has 0 bridgehead atoms. The summed E-state index contributed by atoms with van der Waals surface area (Å²) < 4.78 is 12.4. The molecule has 0 heterocycles. The SMILES string of the molecule is CCCC1CCC(CN)C(S(=O)CC(C)C)C1. The Bertz CT molecular complexity index is 242. The van der Waals surface area contributed by atoms with Crippen LogP contribution >= 0.6 is 0 Å². The van der Waals surface area contributed by atoms with Gasteiger partial charge in [0, 0.05) is 21.8 Å². The van der Waals surface area contributed by atoms with Gasteiger partial charge in [0.15, 0.2) is 0 Å². The maximum atomic E-state index is 12.4.